The van der Waals surface area contributed by atoms with Crippen molar-refractivity contribution in [1.82, 2.24) is 0 Å². The monoisotopic (exact) mass is 355 g/mol. The number of ketones is 1. The maximum absolute atomic E-state index is 13.3. The van der Waals surface area contributed by atoms with Crippen LogP contribution in [0.2, 0.25) is 0 Å². The number of halogens is 2. The molecule has 0 amide bonds. The highest BCUT2D eigenvalue weighted by Gasteiger charge is 2.11. The summed E-state index contributed by atoms with van der Waals surface area (Å²) in [5, 5.41) is 0. The smallest absolute Gasteiger partial charge is 0.193 e. The summed E-state index contributed by atoms with van der Waals surface area (Å²) in [7, 11) is 0. The van der Waals surface area contributed by atoms with Crippen molar-refractivity contribution in [2.75, 3.05) is 0 Å². The van der Waals surface area contributed by atoms with Gasteiger partial charge in [0.2, 0.25) is 0 Å². The van der Waals surface area contributed by atoms with E-state index in [0.717, 1.165) is 3.57 Å². The lowest BCUT2D eigenvalue weighted by Crippen LogP contribution is -2.06. The summed E-state index contributed by atoms with van der Waals surface area (Å²) in [6.07, 6.45) is 0. The van der Waals surface area contributed by atoms with Gasteiger partial charge in [0.25, 0.3) is 0 Å². The molecule has 0 heterocycles. The second-order valence-corrected chi connectivity index (χ2v) is 5.10. The fourth-order valence-corrected chi connectivity index (χ4v) is 2.21. The fourth-order valence-electron chi connectivity index (χ4n) is 1.67. The third-order valence-corrected chi connectivity index (χ3v) is 3.29. The highest BCUT2D eigenvalue weighted by atomic mass is 127. The maximum atomic E-state index is 13.3. The number of nitrogens with two attached hydrogens (primary N) is 1. The van der Waals surface area contributed by atoms with Crippen molar-refractivity contribution < 1.29 is 9.18 Å². The van der Waals surface area contributed by atoms with E-state index in [4.69, 9.17) is 5.73 Å². The van der Waals surface area contributed by atoms with Gasteiger partial charge in [-0.3, -0.25) is 4.79 Å². The van der Waals surface area contributed by atoms with Crippen LogP contribution in [-0.2, 0) is 6.54 Å². The first-order chi connectivity index (χ1) is 8.61. The lowest BCUT2D eigenvalue weighted by molar-refractivity contribution is 0.103. The van der Waals surface area contributed by atoms with E-state index in [0.29, 0.717) is 16.7 Å². The number of carbonyl (C=O) groups excluding carboxylic acids is 1. The average molecular weight is 355 g/mol. The highest BCUT2D eigenvalue weighted by molar-refractivity contribution is 14.1. The van der Waals surface area contributed by atoms with Crippen LogP contribution in [0.25, 0.3) is 0 Å². The summed E-state index contributed by atoms with van der Waals surface area (Å²) in [5.41, 5.74) is 6.83. The molecule has 0 spiro atoms. The topological polar surface area (TPSA) is 43.1 Å². The second-order valence-electron chi connectivity index (χ2n) is 3.85. The van der Waals surface area contributed by atoms with E-state index in [1.165, 1.54) is 18.2 Å². The maximum Gasteiger partial charge on any atom is 0.193 e. The van der Waals surface area contributed by atoms with Gasteiger partial charge in [-0.1, -0.05) is 12.1 Å². The van der Waals surface area contributed by atoms with Crippen molar-refractivity contribution in [3.05, 3.63) is 68.5 Å². The van der Waals surface area contributed by atoms with Gasteiger partial charge >= 0.3 is 0 Å². The highest BCUT2D eigenvalue weighted by Crippen LogP contribution is 2.16. The standard InChI is InChI=1S/C14H11FINO/c15-13-5-4-10(6-11(13)8-17)14(18)9-2-1-3-12(16)7-9/h1-7H,8,17H2. The van der Waals surface area contributed by atoms with Crippen LogP contribution in [0.4, 0.5) is 4.39 Å². The third kappa shape index (κ3) is 2.76. The van der Waals surface area contributed by atoms with E-state index in [2.05, 4.69) is 22.6 Å². The largest absolute Gasteiger partial charge is 0.326 e. The first kappa shape index (κ1) is 13.2. The van der Waals surface area contributed by atoms with E-state index < -0.39 is 0 Å². The predicted octanol–water partition coefficient (Wildman–Crippen LogP) is 3.12. The number of carbonyl (C=O) groups is 1. The van der Waals surface area contributed by atoms with E-state index >= 15 is 0 Å². The van der Waals surface area contributed by atoms with E-state index in [1.807, 2.05) is 12.1 Å². The molecule has 0 saturated heterocycles. The molecule has 18 heavy (non-hydrogen) atoms. The van der Waals surface area contributed by atoms with E-state index in [9.17, 15) is 9.18 Å². The molecule has 0 aliphatic heterocycles. The molecule has 0 saturated carbocycles. The summed E-state index contributed by atoms with van der Waals surface area (Å²) in [5.74, 6) is -0.500. The molecule has 0 fully saturated rings. The third-order valence-electron chi connectivity index (χ3n) is 2.61. The molecule has 0 radical (unpaired) electrons. The van der Waals surface area contributed by atoms with Gasteiger partial charge in [-0.05, 0) is 52.9 Å². The molecule has 0 aliphatic rings. The molecular weight excluding hydrogens is 344 g/mol. The van der Waals surface area contributed by atoms with Crippen molar-refractivity contribution >= 4 is 28.4 Å². The summed E-state index contributed by atoms with van der Waals surface area (Å²) in [6, 6.07) is 11.6. The molecule has 0 atom stereocenters. The quantitative estimate of drug-likeness (QED) is 0.679. The van der Waals surface area contributed by atoms with Crippen molar-refractivity contribution in [1.29, 1.82) is 0 Å². The van der Waals surface area contributed by atoms with Crippen LogP contribution in [0.1, 0.15) is 21.5 Å². The zero-order valence-corrected chi connectivity index (χ0v) is 11.6. The van der Waals surface area contributed by atoms with Gasteiger partial charge in [-0.25, -0.2) is 4.39 Å². The van der Waals surface area contributed by atoms with Crippen LogP contribution < -0.4 is 5.73 Å². The Balaban J connectivity index is 2.40. The lowest BCUT2D eigenvalue weighted by atomic mass is 10.0. The molecular formula is C14H11FINO. The van der Waals surface area contributed by atoms with Crippen LogP contribution in [0.3, 0.4) is 0 Å². The Bertz CT molecular complexity index is 598. The van der Waals surface area contributed by atoms with Gasteiger partial charge in [-0.15, -0.1) is 0 Å². The van der Waals surface area contributed by atoms with Crippen molar-refractivity contribution in [2.45, 2.75) is 6.54 Å². The van der Waals surface area contributed by atoms with Gasteiger partial charge in [0.15, 0.2) is 5.78 Å². The Morgan fingerprint density at radius 1 is 1.17 bits per heavy atom. The summed E-state index contributed by atoms with van der Waals surface area (Å²) < 4.78 is 14.3. The molecule has 2 aromatic carbocycles. The molecule has 0 unspecified atom stereocenters. The molecule has 92 valence electrons. The zero-order valence-electron chi connectivity index (χ0n) is 9.49. The van der Waals surface area contributed by atoms with E-state index in [1.54, 1.807) is 12.1 Å². The molecule has 0 aromatic heterocycles. The number of benzene rings is 2. The zero-order chi connectivity index (χ0) is 13.1. The Hall–Kier alpha value is -1.27. The first-order valence-corrected chi connectivity index (χ1v) is 6.48. The summed E-state index contributed by atoms with van der Waals surface area (Å²) >= 11 is 2.15. The molecule has 2 nitrogen and oxygen atoms in total. The van der Waals surface area contributed by atoms with Gasteiger partial charge < -0.3 is 5.73 Å². The average Bonchev–Trinajstić information content (AvgIpc) is 2.38. The van der Waals surface area contributed by atoms with Gasteiger partial charge in [0.1, 0.15) is 5.82 Å². The minimum atomic E-state index is -0.378. The van der Waals surface area contributed by atoms with Crippen molar-refractivity contribution in [3.63, 3.8) is 0 Å². The lowest BCUT2D eigenvalue weighted by Gasteiger charge is -2.05. The SMILES string of the molecule is NCc1cc(C(=O)c2cccc(I)c2)ccc1F. The Labute approximate surface area is 118 Å². The van der Waals surface area contributed by atoms with Crippen LogP contribution in [-0.4, -0.2) is 5.78 Å². The fraction of sp³-hybridized carbons (Fsp3) is 0.0714. The Kier molecular flexibility index (Phi) is 4.08. The summed E-state index contributed by atoms with van der Waals surface area (Å²) in [4.78, 5) is 12.2. The Morgan fingerprint density at radius 2 is 1.89 bits per heavy atom. The molecule has 4 heteroatoms. The molecule has 2 rings (SSSR count). The van der Waals surface area contributed by atoms with Crippen molar-refractivity contribution in [2.24, 2.45) is 5.73 Å². The summed E-state index contributed by atoms with van der Waals surface area (Å²) in [6.45, 7) is 0.0826. The molecule has 2 aromatic rings. The van der Waals surface area contributed by atoms with Gasteiger partial charge in [0.05, 0.1) is 0 Å². The number of hydrogen-bond donors (Lipinski definition) is 1. The predicted molar refractivity (Wildman–Crippen MR) is 76.9 cm³/mol. The number of hydrogen-bond acceptors (Lipinski definition) is 2. The van der Waals surface area contributed by atoms with Gasteiger partial charge in [0, 0.05) is 26.8 Å². The minimum Gasteiger partial charge on any atom is -0.326 e. The van der Waals surface area contributed by atoms with Crippen LogP contribution >= 0.6 is 22.6 Å². The molecule has 0 bridgehead atoms. The van der Waals surface area contributed by atoms with E-state index in [-0.39, 0.29) is 18.1 Å². The van der Waals surface area contributed by atoms with Crippen LogP contribution in [0.5, 0.6) is 0 Å². The minimum absolute atomic E-state index is 0.0826. The van der Waals surface area contributed by atoms with Crippen molar-refractivity contribution in [3.8, 4) is 0 Å². The van der Waals surface area contributed by atoms with Gasteiger partial charge in [-0.2, -0.15) is 0 Å². The first-order valence-electron chi connectivity index (χ1n) is 5.40. The number of rotatable bonds is 3. The normalized spacial score (nSPS) is 10.4. The van der Waals surface area contributed by atoms with Crippen LogP contribution in [0, 0.1) is 9.39 Å². The molecule has 0 aliphatic carbocycles. The van der Waals surface area contributed by atoms with Crippen LogP contribution in [0.15, 0.2) is 42.5 Å². The molecule has 2 N–H and O–H groups in total. The Morgan fingerprint density at radius 3 is 2.56 bits per heavy atom. The second kappa shape index (κ2) is 5.58.